The zero-order valence-corrected chi connectivity index (χ0v) is 13.7. The van der Waals surface area contributed by atoms with Gasteiger partial charge in [-0.05, 0) is 25.1 Å². The fraction of sp³-hybridized carbons (Fsp3) is 0.400. The molecule has 1 saturated heterocycles. The average molecular weight is 337 g/mol. The van der Waals surface area contributed by atoms with E-state index >= 15 is 0 Å². The predicted octanol–water partition coefficient (Wildman–Crippen LogP) is 1.71. The van der Waals surface area contributed by atoms with Crippen molar-refractivity contribution in [3.05, 3.63) is 34.6 Å². The zero-order valence-electron chi connectivity index (χ0n) is 13.0. The first-order valence-electron chi connectivity index (χ1n) is 7.25. The molecule has 1 aromatic carbocycles. The minimum absolute atomic E-state index is 0.128. The highest BCUT2D eigenvalue weighted by atomic mass is 35.5. The van der Waals surface area contributed by atoms with Crippen molar-refractivity contribution in [2.75, 3.05) is 33.4 Å². The molecular formula is C15H17ClN4O3. The third-order valence-corrected chi connectivity index (χ3v) is 4.07. The number of amides is 1. The summed E-state index contributed by atoms with van der Waals surface area (Å²) in [4.78, 5) is 14.3. The molecule has 0 spiro atoms. The smallest absolute Gasteiger partial charge is 0.276 e. The van der Waals surface area contributed by atoms with Gasteiger partial charge < -0.3 is 14.4 Å². The molecule has 122 valence electrons. The van der Waals surface area contributed by atoms with Crippen LogP contribution < -0.4 is 4.74 Å². The maximum Gasteiger partial charge on any atom is 0.276 e. The number of methoxy groups -OCH3 is 1. The molecule has 1 aliphatic heterocycles. The molecule has 0 aliphatic carbocycles. The van der Waals surface area contributed by atoms with Gasteiger partial charge in [-0.3, -0.25) is 4.79 Å². The predicted molar refractivity (Wildman–Crippen MR) is 84.4 cm³/mol. The number of hydrogen-bond donors (Lipinski definition) is 0. The number of morpholine rings is 1. The summed E-state index contributed by atoms with van der Waals surface area (Å²) >= 11 is 6.15. The lowest BCUT2D eigenvalue weighted by Gasteiger charge is -2.26. The molecule has 1 fully saturated rings. The van der Waals surface area contributed by atoms with Gasteiger partial charge in [-0.1, -0.05) is 16.8 Å². The van der Waals surface area contributed by atoms with Crippen molar-refractivity contribution in [1.82, 2.24) is 19.9 Å². The van der Waals surface area contributed by atoms with Crippen molar-refractivity contribution in [3.63, 3.8) is 0 Å². The first-order chi connectivity index (χ1) is 11.1. The lowest BCUT2D eigenvalue weighted by atomic mass is 10.2. The van der Waals surface area contributed by atoms with Crippen molar-refractivity contribution >= 4 is 17.5 Å². The molecule has 0 atom stereocenters. The Morgan fingerprint density at radius 3 is 2.74 bits per heavy atom. The summed E-state index contributed by atoms with van der Waals surface area (Å²) in [6, 6.07) is 5.29. The van der Waals surface area contributed by atoms with Crippen LogP contribution in [0, 0.1) is 6.92 Å². The quantitative estimate of drug-likeness (QED) is 0.853. The van der Waals surface area contributed by atoms with Crippen molar-refractivity contribution in [3.8, 4) is 11.4 Å². The van der Waals surface area contributed by atoms with Crippen LogP contribution in [-0.2, 0) is 4.74 Å². The van der Waals surface area contributed by atoms with Gasteiger partial charge in [-0.15, -0.1) is 5.10 Å². The topological polar surface area (TPSA) is 69.5 Å². The number of benzene rings is 1. The lowest BCUT2D eigenvalue weighted by Crippen LogP contribution is -2.41. The Hall–Kier alpha value is -2.12. The minimum atomic E-state index is -0.128. The molecule has 0 saturated carbocycles. The summed E-state index contributed by atoms with van der Waals surface area (Å²) in [6.45, 7) is 4.05. The number of hydrogen-bond acceptors (Lipinski definition) is 5. The summed E-state index contributed by atoms with van der Waals surface area (Å²) in [6.07, 6.45) is 0. The van der Waals surface area contributed by atoms with Crippen LogP contribution in [0.2, 0.25) is 5.02 Å². The van der Waals surface area contributed by atoms with Crippen LogP contribution in [-0.4, -0.2) is 59.2 Å². The Labute approximate surface area is 138 Å². The number of rotatable bonds is 3. The second-order valence-corrected chi connectivity index (χ2v) is 5.57. The van der Waals surface area contributed by atoms with Crippen molar-refractivity contribution in [2.24, 2.45) is 0 Å². The van der Waals surface area contributed by atoms with E-state index in [4.69, 9.17) is 21.1 Å². The van der Waals surface area contributed by atoms with Crippen LogP contribution in [0.4, 0.5) is 0 Å². The lowest BCUT2D eigenvalue weighted by molar-refractivity contribution is 0.0298. The fourth-order valence-electron chi connectivity index (χ4n) is 2.48. The zero-order chi connectivity index (χ0) is 16.4. The molecule has 8 heteroatoms. The second kappa shape index (κ2) is 6.55. The standard InChI is InChI=1S/C15H17ClN4O3/c1-10-14(15(21)19-5-7-23-8-6-19)17-18-20(10)11-3-4-13(22-2)12(16)9-11/h3-4,9H,5-8H2,1-2H3. The van der Waals surface area contributed by atoms with Gasteiger partial charge in [0.1, 0.15) is 5.75 Å². The molecule has 0 radical (unpaired) electrons. The van der Waals surface area contributed by atoms with Crippen LogP contribution in [0.15, 0.2) is 18.2 Å². The monoisotopic (exact) mass is 336 g/mol. The van der Waals surface area contributed by atoms with Gasteiger partial charge in [0.2, 0.25) is 0 Å². The fourth-order valence-corrected chi connectivity index (χ4v) is 2.73. The Kier molecular flexibility index (Phi) is 4.49. The summed E-state index contributed by atoms with van der Waals surface area (Å²) in [5.41, 5.74) is 1.74. The largest absolute Gasteiger partial charge is 0.495 e. The van der Waals surface area contributed by atoms with Crippen molar-refractivity contribution in [1.29, 1.82) is 0 Å². The van der Waals surface area contributed by atoms with Gasteiger partial charge in [0, 0.05) is 13.1 Å². The number of carbonyl (C=O) groups is 1. The molecule has 1 aromatic heterocycles. The van der Waals surface area contributed by atoms with E-state index in [1.165, 1.54) is 0 Å². The SMILES string of the molecule is COc1ccc(-n2nnc(C(=O)N3CCOCC3)c2C)cc1Cl. The van der Waals surface area contributed by atoms with E-state index in [2.05, 4.69) is 10.3 Å². The van der Waals surface area contributed by atoms with E-state index < -0.39 is 0 Å². The van der Waals surface area contributed by atoms with Crippen LogP contribution in [0.1, 0.15) is 16.2 Å². The minimum Gasteiger partial charge on any atom is -0.495 e. The Morgan fingerprint density at radius 1 is 1.35 bits per heavy atom. The molecule has 1 amide bonds. The Bertz CT molecular complexity index is 726. The summed E-state index contributed by atoms with van der Waals surface area (Å²) in [5.74, 6) is 0.453. The molecule has 0 N–H and O–H groups in total. The third-order valence-electron chi connectivity index (χ3n) is 3.78. The normalized spacial score (nSPS) is 14.8. The van der Waals surface area contributed by atoms with Gasteiger partial charge in [-0.2, -0.15) is 0 Å². The number of aromatic nitrogens is 3. The van der Waals surface area contributed by atoms with Gasteiger partial charge >= 0.3 is 0 Å². The van der Waals surface area contributed by atoms with Crippen LogP contribution in [0.25, 0.3) is 5.69 Å². The maximum atomic E-state index is 12.5. The molecule has 7 nitrogen and oxygen atoms in total. The number of halogens is 1. The molecular weight excluding hydrogens is 320 g/mol. The maximum absolute atomic E-state index is 12.5. The molecule has 2 heterocycles. The van der Waals surface area contributed by atoms with Crippen LogP contribution >= 0.6 is 11.6 Å². The Morgan fingerprint density at radius 2 is 2.09 bits per heavy atom. The highest BCUT2D eigenvalue weighted by Gasteiger charge is 2.24. The molecule has 0 bridgehead atoms. The van der Waals surface area contributed by atoms with E-state index in [1.807, 2.05) is 13.0 Å². The van der Waals surface area contributed by atoms with Crippen molar-refractivity contribution in [2.45, 2.75) is 6.92 Å². The first kappa shape index (κ1) is 15.8. The van der Waals surface area contributed by atoms with E-state index in [9.17, 15) is 4.79 Å². The number of nitrogens with zero attached hydrogens (tertiary/aromatic N) is 4. The molecule has 2 aromatic rings. The molecule has 1 aliphatic rings. The summed E-state index contributed by atoms with van der Waals surface area (Å²) in [5, 5.41) is 8.61. The van der Waals surface area contributed by atoms with E-state index in [0.717, 1.165) is 5.69 Å². The second-order valence-electron chi connectivity index (χ2n) is 5.16. The van der Waals surface area contributed by atoms with Crippen LogP contribution in [0.3, 0.4) is 0 Å². The number of ether oxygens (including phenoxy) is 2. The average Bonchev–Trinajstić information content (AvgIpc) is 2.96. The van der Waals surface area contributed by atoms with Gasteiger partial charge in [0.25, 0.3) is 5.91 Å². The van der Waals surface area contributed by atoms with E-state index in [0.29, 0.717) is 48.5 Å². The van der Waals surface area contributed by atoms with E-state index in [-0.39, 0.29) is 5.91 Å². The Balaban J connectivity index is 1.89. The highest BCUT2D eigenvalue weighted by molar-refractivity contribution is 6.32. The summed E-state index contributed by atoms with van der Waals surface area (Å²) in [7, 11) is 1.56. The number of carbonyl (C=O) groups excluding carboxylic acids is 1. The van der Waals surface area contributed by atoms with Gasteiger partial charge in [0.15, 0.2) is 5.69 Å². The summed E-state index contributed by atoms with van der Waals surface area (Å²) < 4.78 is 12.0. The third kappa shape index (κ3) is 3.02. The van der Waals surface area contributed by atoms with Crippen molar-refractivity contribution < 1.29 is 14.3 Å². The molecule has 23 heavy (non-hydrogen) atoms. The highest BCUT2D eigenvalue weighted by Crippen LogP contribution is 2.27. The first-order valence-corrected chi connectivity index (χ1v) is 7.63. The molecule has 0 unspecified atom stereocenters. The van der Waals surface area contributed by atoms with Crippen LogP contribution in [0.5, 0.6) is 5.75 Å². The van der Waals surface area contributed by atoms with E-state index in [1.54, 1.807) is 28.8 Å². The molecule has 3 rings (SSSR count). The van der Waals surface area contributed by atoms with Gasteiger partial charge in [-0.25, -0.2) is 4.68 Å². The van der Waals surface area contributed by atoms with Gasteiger partial charge in [0.05, 0.1) is 36.7 Å².